The fourth-order valence-electron chi connectivity index (χ4n) is 3.49. The van der Waals surface area contributed by atoms with Crippen molar-refractivity contribution < 1.29 is 14.4 Å². The molecule has 1 heterocycles. The topological polar surface area (TPSA) is 92.5 Å². The van der Waals surface area contributed by atoms with E-state index in [0.717, 1.165) is 0 Å². The van der Waals surface area contributed by atoms with E-state index in [4.69, 9.17) is 5.73 Å². The van der Waals surface area contributed by atoms with Crippen molar-refractivity contribution in [3.63, 3.8) is 0 Å². The van der Waals surface area contributed by atoms with E-state index in [1.165, 1.54) is 0 Å². The van der Waals surface area contributed by atoms with Crippen molar-refractivity contribution in [3.8, 4) is 0 Å². The lowest BCUT2D eigenvalue weighted by Crippen LogP contribution is -2.54. The number of primary amides is 1. The molecule has 24 heavy (non-hydrogen) atoms. The smallest absolute Gasteiger partial charge is 0.243 e. The van der Waals surface area contributed by atoms with Gasteiger partial charge >= 0.3 is 0 Å². The van der Waals surface area contributed by atoms with E-state index in [9.17, 15) is 14.4 Å². The molecule has 3 amide bonds. The summed E-state index contributed by atoms with van der Waals surface area (Å²) in [7, 11) is 0. The van der Waals surface area contributed by atoms with E-state index in [-0.39, 0.29) is 29.1 Å². The van der Waals surface area contributed by atoms with E-state index in [0.29, 0.717) is 25.8 Å². The monoisotopic (exact) mass is 335 g/mol. The first-order chi connectivity index (χ1) is 11.0. The Bertz CT molecular complexity index is 566. The lowest BCUT2D eigenvalue weighted by atomic mass is 9.91. The van der Waals surface area contributed by atoms with Crippen LogP contribution in [0.3, 0.4) is 0 Å². The number of nitrogens with one attached hydrogen (secondary N) is 1. The highest BCUT2D eigenvalue weighted by Gasteiger charge is 2.59. The van der Waals surface area contributed by atoms with Crippen LogP contribution in [0.2, 0.25) is 0 Å². The zero-order valence-corrected chi connectivity index (χ0v) is 15.1. The van der Waals surface area contributed by atoms with E-state index in [1.54, 1.807) is 11.0 Å². The van der Waals surface area contributed by atoms with Crippen LogP contribution >= 0.6 is 0 Å². The Balaban J connectivity index is 2.11. The first kappa shape index (κ1) is 18.5. The Kier molecular flexibility index (Phi) is 4.79. The molecule has 0 radical (unpaired) electrons. The average Bonchev–Trinajstić information content (AvgIpc) is 3.01. The molecular weight excluding hydrogens is 306 g/mol. The third-order valence-corrected chi connectivity index (χ3v) is 4.90. The zero-order valence-electron chi connectivity index (χ0n) is 15.1. The van der Waals surface area contributed by atoms with Gasteiger partial charge in [-0.1, -0.05) is 33.8 Å². The fourth-order valence-corrected chi connectivity index (χ4v) is 3.49. The van der Waals surface area contributed by atoms with Gasteiger partial charge in [0.05, 0.1) is 0 Å². The van der Waals surface area contributed by atoms with Gasteiger partial charge in [0.2, 0.25) is 17.7 Å². The van der Waals surface area contributed by atoms with Gasteiger partial charge in [-0.3, -0.25) is 14.4 Å². The van der Waals surface area contributed by atoms with Crippen molar-refractivity contribution in [1.82, 2.24) is 10.2 Å². The minimum absolute atomic E-state index is 0.0174. The number of nitrogens with zero attached hydrogens (tertiary/aromatic N) is 1. The predicted molar refractivity (Wildman–Crippen MR) is 91.7 cm³/mol. The largest absolute Gasteiger partial charge is 0.368 e. The van der Waals surface area contributed by atoms with Gasteiger partial charge in [-0.2, -0.15) is 0 Å². The molecule has 0 aromatic carbocycles. The Hall–Kier alpha value is -1.85. The van der Waals surface area contributed by atoms with Gasteiger partial charge in [0.1, 0.15) is 11.6 Å². The molecule has 134 valence electrons. The molecule has 1 saturated heterocycles. The first-order valence-electron chi connectivity index (χ1n) is 8.54. The minimum Gasteiger partial charge on any atom is -0.368 e. The molecule has 0 bridgehead atoms. The van der Waals surface area contributed by atoms with E-state index < -0.39 is 17.5 Å². The van der Waals surface area contributed by atoms with E-state index in [1.807, 2.05) is 27.7 Å². The summed E-state index contributed by atoms with van der Waals surface area (Å²) in [6.07, 6.45) is 3.12. The molecule has 3 N–H and O–H groups in total. The van der Waals surface area contributed by atoms with Gasteiger partial charge in [-0.15, -0.1) is 6.58 Å². The maximum absolute atomic E-state index is 12.7. The maximum atomic E-state index is 12.7. The van der Waals surface area contributed by atoms with Crippen LogP contribution in [-0.4, -0.2) is 40.7 Å². The van der Waals surface area contributed by atoms with Crippen molar-refractivity contribution in [3.05, 3.63) is 12.7 Å². The van der Waals surface area contributed by atoms with E-state index >= 15 is 0 Å². The van der Waals surface area contributed by atoms with Gasteiger partial charge in [0, 0.05) is 18.9 Å². The number of carbonyl (C=O) groups is 3. The highest BCUT2D eigenvalue weighted by atomic mass is 16.2. The molecule has 4 unspecified atom stereocenters. The number of hydrogen-bond donors (Lipinski definition) is 2. The lowest BCUT2D eigenvalue weighted by molar-refractivity contribution is -0.140. The van der Waals surface area contributed by atoms with Gasteiger partial charge in [0.25, 0.3) is 0 Å². The van der Waals surface area contributed by atoms with Gasteiger partial charge < -0.3 is 16.0 Å². The Morgan fingerprint density at radius 1 is 1.38 bits per heavy atom. The lowest BCUT2D eigenvalue weighted by Gasteiger charge is -2.28. The average molecular weight is 335 g/mol. The molecule has 0 aromatic heterocycles. The highest BCUT2D eigenvalue weighted by Crippen LogP contribution is 2.44. The summed E-state index contributed by atoms with van der Waals surface area (Å²) in [5.41, 5.74) is 4.31. The third-order valence-electron chi connectivity index (χ3n) is 4.90. The van der Waals surface area contributed by atoms with Gasteiger partial charge in [-0.25, -0.2) is 0 Å². The molecule has 0 spiro atoms. The Morgan fingerprint density at radius 3 is 2.46 bits per heavy atom. The summed E-state index contributed by atoms with van der Waals surface area (Å²) in [4.78, 5) is 38.7. The molecule has 2 rings (SSSR count). The molecule has 6 heteroatoms. The minimum atomic E-state index is -1.02. The number of amides is 3. The second-order valence-electron chi connectivity index (χ2n) is 8.51. The van der Waals surface area contributed by atoms with Gasteiger partial charge in [0.15, 0.2) is 0 Å². The summed E-state index contributed by atoms with van der Waals surface area (Å²) in [5, 5.41) is 2.80. The van der Waals surface area contributed by atoms with Crippen LogP contribution in [0.1, 0.15) is 47.0 Å². The van der Waals surface area contributed by atoms with Crippen molar-refractivity contribution in [2.75, 3.05) is 6.54 Å². The molecule has 2 fully saturated rings. The third kappa shape index (κ3) is 3.62. The second-order valence-corrected chi connectivity index (χ2v) is 8.51. The van der Waals surface area contributed by atoms with Crippen molar-refractivity contribution in [1.29, 1.82) is 0 Å². The molecule has 4 atom stereocenters. The number of rotatable bonds is 5. The zero-order chi connectivity index (χ0) is 18.3. The van der Waals surface area contributed by atoms with Crippen LogP contribution in [-0.2, 0) is 14.4 Å². The molecule has 1 aliphatic carbocycles. The number of carbonyl (C=O) groups excluding carboxylic acids is 3. The standard InChI is InChI=1S/C18H29N3O3/c1-6-12-8-18(12,16(19)24)20-15(23)13-7-11(2)10-21(13)14(22)9-17(3,4)5/h6,11-13H,1,7-10H2,2-5H3,(H2,19,24)(H,20,23). The Morgan fingerprint density at radius 2 is 2.00 bits per heavy atom. The van der Waals surface area contributed by atoms with Crippen molar-refractivity contribution >= 4 is 17.7 Å². The summed E-state index contributed by atoms with van der Waals surface area (Å²) in [6, 6.07) is -0.530. The van der Waals surface area contributed by atoms with Crippen molar-refractivity contribution in [2.45, 2.75) is 58.5 Å². The van der Waals surface area contributed by atoms with E-state index in [2.05, 4.69) is 11.9 Å². The Labute approximate surface area is 143 Å². The molecule has 0 aromatic rings. The molecular formula is C18H29N3O3. The summed E-state index contributed by atoms with van der Waals surface area (Å²) < 4.78 is 0. The normalized spacial score (nSPS) is 32.3. The van der Waals surface area contributed by atoms with Crippen LogP contribution in [0, 0.1) is 17.3 Å². The predicted octanol–water partition coefficient (Wildman–Crippen LogP) is 1.21. The molecule has 1 aliphatic heterocycles. The van der Waals surface area contributed by atoms with Crippen LogP contribution in [0.4, 0.5) is 0 Å². The number of hydrogen-bond acceptors (Lipinski definition) is 3. The second kappa shape index (κ2) is 6.22. The van der Waals surface area contributed by atoms with Gasteiger partial charge in [-0.05, 0) is 24.2 Å². The SMILES string of the molecule is C=CC1CC1(NC(=O)C1CC(C)CN1C(=O)CC(C)(C)C)C(N)=O. The summed E-state index contributed by atoms with van der Waals surface area (Å²) in [6.45, 7) is 12.3. The van der Waals surface area contributed by atoms with Crippen LogP contribution in [0.15, 0.2) is 12.7 Å². The fraction of sp³-hybridized carbons (Fsp3) is 0.722. The molecule has 2 aliphatic rings. The summed E-state index contributed by atoms with van der Waals surface area (Å²) in [5.74, 6) is -0.722. The summed E-state index contributed by atoms with van der Waals surface area (Å²) >= 11 is 0. The van der Waals surface area contributed by atoms with Crippen LogP contribution in [0.25, 0.3) is 0 Å². The number of likely N-dealkylation sites (tertiary alicyclic amines) is 1. The van der Waals surface area contributed by atoms with Crippen molar-refractivity contribution in [2.24, 2.45) is 23.0 Å². The quantitative estimate of drug-likeness (QED) is 0.740. The highest BCUT2D eigenvalue weighted by molar-refractivity contribution is 5.96. The first-order valence-corrected chi connectivity index (χ1v) is 8.54. The molecule has 6 nitrogen and oxygen atoms in total. The maximum Gasteiger partial charge on any atom is 0.243 e. The number of nitrogens with two attached hydrogens (primary N) is 1. The van der Waals surface area contributed by atoms with Crippen LogP contribution < -0.4 is 11.1 Å². The molecule has 1 saturated carbocycles. The van der Waals surface area contributed by atoms with Crippen LogP contribution in [0.5, 0.6) is 0 Å².